The molecule has 0 bridgehead atoms. The highest BCUT2D eigenvalue weighted by Crippen LogP contribution is 2.46. The summed E-state index contributed by atoms with van der Waals surface area (Å²) in [5.74, 6) is 2.13. The maximum absolute atomic E-state index is 11.0. The monoisotopic (exact) mass is 390 g/mol. The number of aryl methyl sites for hydroxylation is 1. The Hall–Kier alpha value is -2.23. The van der Waals surface area contributed by atoms with Crippen molar-refractivity contribution in [2.75, 3.05) is 0 Å². The first-order valence-corrected chi connectivity index (χ1v) is 10.8. The van der Waals surface area contributed by atoms with Gasteiger partial charge >= 0.3 is 0 Å². The number of hydrogen-bond acceptors (Lipinski definition) is 3. The van der Waals surface area contributed by atoms with E-state index >= 15 is 0 Å². The lowest BCUT2D eigenvalue weighted by atomic mass is 9.98. The normalized spacial score (nSPS) is 16.2. The second kappa shape index (κ2) is 8.02. The number of aliphatic hydroxyl groups is 1. The zero-order chi connectivity index (χ0) is 19.7. The van der Waals surface area contributed by atoms with Crippen LogP contribution < -0.4 is 4.74 Å². The summed E-state index contributed by atoms with van der Waals surface area (Å²) in [5, 5.41) is 11.0. The van der Waals surface area contributed by atoms with Crippen LogP contribution in [0.4, 0.5) is 0 Å². The van der Waals surface area contributed by atoms with Crippen LogP contribution in [0, 0.1) is 0 Å². The highest BCUT2D eigenvalue weighted by atomic mass is 32.2. The third kappa shape index (κ3) is 3.69. The summed E-state index contributed by atoms with van der Waals surface area (Å²) < 4.78 is 6.07. The fourth-order valence-electron chi connectivity index (χ4n) is 3.54. The Bertz CT molecular complexity index is 978. The third-order valence-corrected chi connectivity index (χ3v) is 6.75. The van der Waals surface area contributed by atoms with E-state index in [0.717, 1.165) is 45.3 Å². The first kappa shape index (κ1) is 19.1. The van der Waals surface area contributed by atoms with Crippen molar-refractivity contribution in [2.45, 2.75) is 55.4 Å². The Balaban J connectivity index is 1.58. The molecule has 2 nitrogen and oxygen atoms in total. The SMILES string of the molecule is CCc1ccc2c(c1)C(O)c1cc(Oc3ccc(C(C)CC)cc3)ccc1S2. The zero-order valence-corrected chi connectivity index (χ0v) is 17.4. The molecule has 0 amide bonds. The molecule has 4 rings (SSSR count). The van der Waals surface area contributed by atoms with Crippen molar-refractivity contribution >= 4 is 11.8 Å². The lowest BCUT2D eigenvalue weighted by molar-refractivity contribution is 0.212. The molecule has 3 aromatic rings. The Kier molecular flexibility index (Phi) is 5.47. The molecule has 2 atom stereocenters. The molecule has 0 saturated carbocycles. The van der Waals surface area contributed by atoms with E-state index in [4.69, 9.17) is 4.74 Å². The molecule has 2 unspecified atom stereocenters. The summed E-state index contributed by atoms with van der Waals surface area (Å²) in [6.45, 7) is 6.57. The van der Waals surface area contributed by atoms with Gasteiger partial charge in [0, 0.05) is 15.4 Å². The van der Waals surface area contributed by atoms with E-state index in [1.807, 2.05) is 30.3 Å². The van der Waals surface area contributed by atoms with Gasteiger partial charge in [-0.3, -0.25) is 0 Å². The second-order valence-corrected chi connectivity index (χ2v) is 8.49. The average Bonchev–Trinajstić information content (AvgIpc) is 2.74. The predicted octanol–water partition coefficient (Wildman–Crippen LogP) is 7.10. The van der Waals surface area contributed by atoms with Gasteiger partial charge in [-0.05, 0) is 71.8 Å². The van der Waals surface area contributed by atoms with E-state index in [0.29, 0.717) is 5.92 Å². The third-order valence-electron chi connectivity index (χ3n) is 5.57. The minimum Gasteiger partial charge on any atom is -0.457 e. The fourth-order valence-corrected chi connectivity index (χ4v) is 4.63. The van der Waals surface area contributed by atoms with E-state index in [1.165, 1.54) is 11.1 Å². The average molecular weight is 391 g/mol. The highest BCUT2D eigenvalue weighted by Gasteiger charge is 2.25. The number of aliphatic hydroxyl groups excluding tert-OH is 1. The summed E-state index contributed by atoms with van der Waals surface area (Å²) in [7, 11) is 0. The maximum atomic E-state index is 11.0. The molecule has 0 fully saturated rings. The molecule has 1 aliphatic rings. The van der Waals surface area contributed by atoms with Crippen molar-refractivity contribution in [3.63, 3.8) is 0 Å². The van der Waals surface area contributed by atoms with Crippen molar-refractivity contribution in [2.24, 2.45) is 0 Å². The second-order valence-electron chi connectivity index (χ2n) is 7.41. The van der Waals surface area contributed by atoms with Crippen molar-refractivity contribution < 1.29 is 9.84 Å². The molecule has 0 aromatic heterocycles. The number of benzene rings is 3. The quantitative estimate of drug-likeness (QED) is 0.504. The van der Waals surface area contributed by atoms with Crippen LogP contribution in [0.2, 0.25) is 0 Å². The largest absolute Gasteiger partial charge is 0.457 e. The van der Waals surface area contributed by atoms with Gasteiger partial charge in [-0.1, -0.05) is 56.8 Å². The van der Waals surface area contributed by atoms with Crippen LogP contribution in [0.25, 0.3) is 0 Å². The van der Waals surface area contributed by atoms with Gasteiger partial charge in [-0.2, -0.15) is 0 Å². The summed E-state index contributed by atoms with van der Waals surface area (Å²) in [6.07, 6.45) is 1.48. The smallest absolute Gasteiger partial charge is 0.127 e. The van der Waals surface area contributed by atoms with Crippen LogP contribution in [0.3, 0.4) is 0 Å². The molecule has 3 aromatic carbocycles. The van der Waals surface area contributed by atoms with Crippen LogP contribution in [0.5, 0.6) is 11.5 Å². The van der Waals surface area contributed by atoms with E-state index in [1.54, 1.807) is 11.8 Å². The molecular weight excluding hydrogens is 364 g/mol. The predicted molar refractivity (Wildman–Crippen MR) is 116 cm³/mol. The Morgan fingerprint density at radius 3 is 2.21 bits per heavy atom. The maximum Gasteiger partial charge on any atom is 0.127 e. The lowest BCUT2D eigenvalue weighted by Gasteiger charge is -2.25. The van der Waals surface area contributed by atoms with Crippen molar-refractivity contribution in [3.8, 4) is 11.5 Å². The fraction of sp³-hybridized carbons (Fsp3) is 0.280. The molecule has 144 valence electrons. The Morgan fingerprint density at radius 1 is 0.893 bits per heavy atom. The van der Waals surface area contributed by atoms with Gasteiger partial charge in [0.05, 0.1) is 0 Å². The molecule has 1 heterocycles. The summed E-state index contributed by atoms with van der Waals surface area (Å²) in [4.78, 5) is 2.22. The van der Waals surface area contributed by atoms with Gasteiger partial charge in [0.2, 0.25) is 0 Å². The molecule has 0 aliphatic carbocycles. The first-order valence-electron chi connectivity index (χ1n) is 9.99. The van der Waals surface area contributed by atoms with Crippen LogP contribution in [-0.2, 0) is 6.42 Å². The molecule has 1 aliphatic heterocycles. The van der Waals surface area contributed by atoms with Crippen LogP contribution in [0.1, 0.15) is 61.5 Å². The van der Waals surface area contributed by atoms with Crippen LogP contribution in [-0.4, -0.2) is 5.11 Å². The lowest BCUT2D eigenvalue weighted by Crippen LogP contribution is -2.08. The van der Waals surface area contributed by atoms with Crippen LogP contribution >= 0.6 is 11.8 Å². The number of hydrogen-bond donors (Lipinski definition) is 1. The Morgan fingerprint density at radius 2 is 1.54 bits per heavy atom. The summed E-state index contributed by atoms with van der Waals surface area (Å²) in [6, 6.07) is 20.7. The number of rotatable bonds is 5. The van der Waals surface area contributed by atoms with Crippen molar-refractivity contribution in [1.82, 2.24) is 0 Å². The summed E-state index contributed by atoms with van der Waals surface area (Å²) in [5.41, 5.74) is 4.48. The molecular formula is C25H26O2S. The van der Waals surface area contributed by atoms with E-state index < -0.39 is 6.10 Å². The molecule has 0 saturated heterocycles. The topological polar surface area (TPSA) is 29.5 Å². The van der Waals surface area contributed by atoms with E-state index in [9.17, 15) is 5.11 Å². The first-order chi connectivity index (χ1) is 13.6. The van der Waals surface area contributed by atoms with Gasteiger partial charge in [0.1, 0.15) is 17.6 Å². The van der Waals surface area contributed by atoms with Crippen molar-refractivity contribution in [3.05, 3.63) is 82.9 Å². The standard InChI is InChI=1S/C25H26O2S/c1-4-16(3)18-7-9-19(10-8-18)27-20-11-13-24-22(15-20)25(26)21-14-17(5-2)6-12-23(21)28-24/h6-16,25-26H,4-5H2,1-3H3. The zero-order valence-electron chi connectivity index (χ0n) is 16.6. The van der Waals surface area contributed by atoms with E-state index in [-0.39, 0.29) is 0 Å². The molecule has 1 N–H and O–H groups in total. The highest BCUT2D eigenvalue weighted by molar-refractivity contribution is 7.99. The molecule has 0 spiro atoms. The number of fused-ring (bicyclic) bond motifs is 2. The van der Waals surface area contributed by atoms with Crippen molar-refractivity contribution in [1.29, 1.82) is 0 Å². The number of ether oxygens (including phenoxy) is 1. The summed E-state index contributed by atoms with van der Waals surface area (Å²) >= 11 is 1.71. The minimum atomic E-state index is -0.617. The minimum absolute atomic E-state index is 0.554. The van der Waals surface area contributed by atoms with Gasteiger partial charge in [0.15, 0.2) is 0 Å². The molecule has 3 heteroatoms. The molecule has 0 radical (unpaired) electrons. The molecule has 28 heavy (non-hydrogen) atoms. The Labute approximate surface area is 171 Å². The van der Waals surface area contributed by atoms with Gasteiger partial charge in [0.25, 0.3) is 0 Å². The van der Waals surface area contributed by atoms with E-state index in [2.05, 4.69) is 51.1 Å². The van der Waals surface area contributed by atoms with Gasteiger partial charge in [-0.15, -0.1) is 0 Å². The van der Waals surface area contributed by atoms with Crippen LogP contribution in [0.15, 0.2) is 70.5 Å². The van der Waals surface area contributed by atoms with Gasteiger partial charge in [-0.25, -0.2) is 0 Å². The van der Waals surface area contributed by atoms with Gasteiger partial charge < -0.3 is 9.84 Å².